The molecule has 2 aliphatic heterocycles. The van der Waals surface area contributed by atoms with Gasteiger partial charge in [0.1, 0.15) is 11.8 Å². The van der Waals surface area contributed by atoms with Crippen LogP contribution < -0.4 is 9.55 Å². The summed E-state index contributed by atoms with van der Waals surface area (Å²) in [5.41, 5.74) is 6.84. The van der Waals surface area contributed by atoms with Crippen molar-refractivity contribution in [2.75, 3.05) is 4.90 Å². The predicted molar refractivity (Wildman–Crippen MR) is 142 cm³/mol. The maximum Gasteiger partial charge on any atom is 0.504 e. The molecule has 4 aromatic rings. The zero-order chi connectivity index (χ0) is 24.1. The Labute approximate surface area is 206 Å². The van der Waals surface area contributed by atoms with Gasteiger partial charge in [-0.3, -0.25) is 0 Å². The van der Waals surface area contributed by atoms with E-state index < -0.39 is 0 Å². The van der Waals surface area contributed by atoms with Crippen LogP contribution in [0, 0.1) is 6.92 Å². The van der Waals surface area contributed by atoms with Crippen LogP contribution in [0.2, 0.25) is 0 Å². The van der Waals surface area contributed by atoms with E-state index in [1.54, 1.807) is 0 Å². The molecule has 0 amide bonds. The van der Waals surface area contributed by atoms with E-state index in [1.165, 1.54) is 11.1 Å². The fourth-order valence-corrected chi connectivity index (χ4v) is 5.09. The van der Waals surface area contributed by atoms with Gasteiger partial charge in [0.25, 0.3) is 0 Å². The van der Waals surface area contributed by atoms with Gasteiger partial charge in [0, 0.05) is 16.8 Å². The molecule has 2 atom stereocenters. The Morgan fingerprint density at radius 1 is 0.971 bits per heavy atom. The molecule has 5 nitrogen and oxygen atoms in total. The molecule has 0 spiro atoms. The summed E-state index contributed by atoms with van der Waals surface area (Å²) < 4.78 is 11.9. The number of ether oxygens (including phenoxy) is 1. The third-order valence-electron chi connectivity index (χ3n) is 6.95. The first kappa shape index (κ1) is 21.7. The molecule has 2 unspecified atom stereocenters. The summed E-state index contributed by atoms with van der Waals surface area (Å²) in [6.45, 7) is 6.49. The number of anilines is 2. The maximum atomic E-state index is 9.18. The molecule has 174 valence electrons. The molecule has 6 heteroatoms. The van der Waals surface area contributed by atoms with Gasteiger partial charge in [0.2, 0.25) is 12.1 Å². The Balaban J connectivity index is 1.50. The molecule has 0 aromatic heterocycles. The summed E-state index contributed by atoms with van der Waals surface area (Å²) in [5.74, 6) is 1.79. The summed E-state index contributed by atoms with van der Waals surface area (Å²) in [6, 6.07) is 27.1. The highest BCUT2D eigenvalue weighted by Crippen LogP contribution is 2.52. The molecular weight excluding hydrogens is 435 g/mol. The van der Waals surface area contributed by atoms with Crippen LogP contribution in [-0.4, -0.2) is 24.8 Å². The average Bonchev–Trinajstić information content (AvgIpc) is 3.42. The normalized spacial score (nSPS) is 18.3. The van der Waals surface area contributed by atoms with Crippen LogP contribution >= 0.6 is 0 Å². The van der Waals surface area contributed by atoms with E-state index >= 15 is 0 Å². The molecule has 4 aromatic carbocycles. The smallest absolute Gasteiger partial charge is 0.504 e. The lowest BCUT2D eigenvalue weighted by Gasteiger charge is -2.27. The van der Waals surface area contributed by atoms with Crippen LogP contribution in [0.4, 0.5) is 11.4 Å². The quantitative estimate of drug-likeness (QED) is 0.375. The molecular formula is C29H27BN2O3. The standard InChI is InChI=1S/C29H27BN2O3/c1-17(2)19-8-11-22(12-9-19)32-25-15-10-21-16-23(35-30-33)13-14-24(21)26(25)27-29(32)34-28(31-27)20-6-4-18(3)5-7-20/h4-17,27,29-30,33H,1-3H3. The van der Waals surface area contributed by atoms with Gasteiger partial charge in [-0.05, 0) is 71.6 Å². The van der Waals surface area contributed by atoms with Gasteiger partial charge in [-0.25, -0.2) is 4.99 Å². The highest BCUT2D eigenvalue weighted by molar-refractivity contribution is 6.17. The van der Waals surface area contributed by atoms with E-state index in [9.17, 15) is 5.02 Å². The molecule has 2 heterocycles. The Kier molecular flexibility index (Phi) is 5.26. The lowest BCUT2D eigenvalue weighted by Crippen LogP contribution is -2.30. The van der Waals surface area contributed by atoms with Crippen LogP contribution in [0.15, 0.2) is 83.9 Å². The second-order valence-electron chi connectivity index (χ2n) is 9.52. The first-order chi connectivity index (χ1) is 17.0. The second-order valence-corrected chi connectivity index (χ2v) is 9.52. The summed E-state index contributed by atoms with van der Waals surface area (Å²) in [7, 11) is -0.348. The molecule has 35 heavy (non-hydrogen) atoms. The van der Waals surface area contributed by atoms with Gasteiger partial charge in [-0.2, -0.15) is 0 Å². The first-order valence-corrected chi connectivity index (χ1v) is 12.0. The van der Waals surface area contributed by atoms with Crippen molar-refractivity contribution in [3.05, 3.63) is 101 Å². The van der Waals surface area contributed by atoms with Gasteiger partial charge >= 0.3 is 7.69 Å². The molecule has 0 radical (unpaired) electrons. The fraction of sp³-hybridized carbons (Fsp3) is 0.207. The Hall–Kier alpha value is -3.77. The minimum Gasteiger partial charge on any atom is -0.539 e. The van der Waals surface area contributed by atoms with E-state index in [-0.39, 0.29) is 20.0 Å². The van der Waals surface area contributed by atoms with Gasteiger partial charge < -0.3 is 19.3 Å². The third kappa shape index (κ3) is 3.65. The SMILES string of the molecule is Cc1ccc(C2=NC3c4c(ccc5cc(OBO)ccc45)N(c4ccc(C(C)C)cc4)C3O2)cc1. The zero-order valence-corrected chi connectivity index (χ0v) is 20.1. The maximum absolute atomic E-state index is 9.18. The molecule has 1 N–H and O–H groups in total. The minimum absolute atomic E-state index is 0.153. The van der Waals surface area contributed by atoms with E-state index in [4.69, 9.17) is 14.4 Å². The monoisotopic (exact) mass is 462 g/mol. The van der Waals surface area contributed by atoms with E-state index in [0.29, 0.717) is 17.6 Å². The van der Waals surface area contributed by atoms with E-state index in [0.717, 1.165) is 33.3 Å². The lowest BCUT2D eigenvalue weighted by molar-refractivity contribution is 0.210. The summed E-state index contributed by atoms with van der Waals surface area (Å²) in [4.78, 5) is 7.37. The molecule has 6 rings (SSSR count). The van der Waals surface area contributed by atoms with Crippen molar-refractivity contribution in [2.24, 2.45) is 4.99 Å². The minimum atomic E-state index is -0.348. The molecule has 0 aliphatic carbocycles. The molecule has 0 bridgehead atoms. The van der Waals surface area contributed by atoms with Crippen molar-refractivity contribution in [2.45, 2.75) is 39.0 Å². The van der Waals surface area contributed by atoms with Crippen molar-refractivity contribution < 1.29 is 14.4 Å². The lowest BCUT2D eigenvalue weighted by atomic mass is 9.99. The van der Waals surface area contributed by atoms with Crippen molar-refractivity contribution in [3.8, 4) is 5.75 Å². The van der Waals surface area contributed by atoms with Crippen molar-refractivity contribution in [3.63, 3.8) is 0 Å². The Morgan fingerprint density at radius 3 is 2.46 bits per heavy atom. The summed E-state index contributed by atoms with van der Waals surface area (Å²) in [6.07, 6.45) is -0.259. The number of hydrogen-bond acceptors (Lipinski definition) is 5. The first-order valence-electron chi connectivity index (χ1n) is 12.0. The summed E-state index contributed by atoms with van der Waals surface area (Å²) in [5, 5.41) is 11.3. The Bertz CT molecular complexity index is 1430. The van der Waals surface area contributed by atoms with Crippen LogP contribution in [0.5, 0.6) is 5.75 Å². The number of nitrogens with zero attached hydrogens (tertiary/aromatic N) is 2. The zero-order valence-electron chi connectivity index (χ0n) is 20.1. The van der Waals surface area contributed by atoms with Gasteiger partial charge in [0.15, 0.2) is 0 Å². The number of hydrogen-bond donors (Lipinski definition) is 1. The van der Waals surface area contributed by atoms with Crippen molar-refractivity contribution in [1.82, 2.24) is 0 Å². The van der Waals surface area contributed by atoms with Gasteiger partial charge in [-0.1, -0.05) is 55.8 Å². The highest BCUT2D eigenvalue weighted by atomic mass is 16.5. The van der Waals surface area contributed by atoms with E-state index in [1.807, 2.05) is 12.1 Å². The third-order valence-corrected chi connectivity index (χ3v) is 6.95. The number of aryl methyl sites for hydroxylation is 1. The van der Waals surface area contributed by atoms with Crippen molar-refractivity contribution >= 4 is 35.7 Å². The second kappa shape index (κ2) is 8.47. The number of benzene rings is 4. The topological polar surface area (TPSA) is 54.3 Å². The average molecular weight is 462 g/mol. The van der Waals surface area contributed by atoms with Crippen LogP contribution in [0.25, 0.3) is 10.8 Å². The Morgan fingerprint density at radius 2 is 1.74 bits per heavy atom. The van der Waals surface area contributed by atoms with Crippen LogP contribution in [0.1, 0.15) is 48.1 Å². The molecule has 0 saturated heterocycles. The van der Waals surface area contributed by atoms with Gasteiger partial charge in [0.05, 0.1) is 5.69 Å². The van der Waals surface area contributed by atoms with Crippen LogP contribution in [-0.2, 0) is 4.74 Å². The fourth-order valence-electron chi connectivity index (χ4n) is 5.09. The summed E-state index contributed by atoms with van der Waals surface area (Å²) >= 11 is 0. The highest BCUT2D eigenvalue weighted by Gasteiger charge is 2.46. The largest absolute Gasteiger partial charge is 0.539 e. The number of fused-ring (bicyclic) bond motifs is 5. The van der Waals surface area contributed by atoms with Gasteiger partial charge in [-0.15, -0.1) is 0 Å². The number of rotatable bonds is 5. The predicted octanol–water partition coefficient (Wildman–Crippen LogP) is 5.91. The van der Waals surface area contributed by atoms with Crippen LogP contribution in [0.3, 0.4) is 0 Å². The van der Waals surface area contributed by atoms with E-state index in [2.05, 4.69) is 92.4 Å². The molecule has 0 saturated carbocycles. The molecule has 2 aliphatic rings. The molecule has 0 fully saturated rings. The number of aliphatic imine (C=N–C) groups is 1. The van der Waals surface area contributed by atoms with Crippen molar-refractivity contribution in [1.29, 1.82) is 0 Å².